The van der Waals surface area contributed by atoms with Crippen LogP contribution in [0.1, 0.15) is 37.7 Å². The van der Waals surface area contributed by atoms with Gasteiger partial charge in [-0.05, 0) is 48.2 Å². The van der Waals surface area contributed by atoms with Gasteiger partial charge in [0.1, 0.15) is 11.4 Å². The number of nitrogens with zero attached hydrogens (tertiary/aromatic N) is 2. The number of hydrogen-bond acceptors (Lipinski definition) is 3. The van der Waals surface area contributed by atoms with Gasteiger partial charge in [0.2, 0.25) is 0 Å². The van der Waals surface area contributed by atoms with Crippen LogP contribution in [0, 0.1) is 0 Å². The quantitative estimate of drug-likeness (QED) is 0.730. The maximum Gasteiger partial charge on any atom is 0.123 e. The van der Waals surface area contributed by atoms with Gasteiger partial charge in [0, 0.05) is 56.4 Å². The van der Waals surface area contributed by atoms with E-state index in [0.29, 0.717) is 0 Å². The molecule has 1 saturated carbocycles. The van der Waals surface area contributed by atoms with Gasteiger partial charge in [-0.25, -0.2) is 0 Å². The molecular weight excluding hydrogens is 334 g/mol. The number of piperidine rings is 1. The van der Waals surface area contributed by atoms with Gasteiger partial charge in [0.25, 0.3) is 0 Å². The Labute approximate surface area is 159 Å². The van der Waals surface area contributed by atoms with E-state index in [1.807, 2.05) is 18.5 Å². The number of aromatic nitrogens is 2. The Bertz CT molecular complexity index is 996. The molecule has 0 radical (unpaired) electrons. The second-order valence-corrected chi connectivity index (χ2v) is 8.54. The van der Waals surface area contributed by atoms with Gasteiger partial charge in [-0.15, -0.1) is 0 Å². The summed E-state index contributed by atoms with van der Waals surface area (Å²) in [7, 11) is 0. The number of hydrogen-bond donors (Lipinski definition) is 1. The number of H-pyrrole nitrogens is 1. The first-order valence-corrected chi connectivity index (χ1v) is 10.3. The first kappa shape index (κ1) is 15.7. The Morgan fingerprint density at radius 2 is 1.96 bits per heavy atom. The van der Waals surface area contributed by atoms with Crippen LogP contribution >= 0.6 is 0 Å². The van der Waals surface area contributed by atoms with Gasteiger partial charge in [0.15, 0.2) is 0 Å². The van der Waals surface area contributed by atoms with E-state index in [-0.39, 0.29) is 5.60 Å². The van der Waals surface area contributed by atoms with Gasteiger partial charge in [-0.2, -0.15) is 0 Å². The van der Waals surface area contributed by atoms with Gasteiger partial charge >= 0.3 is 0 Å². The van der Waals surface area contributed by atoms with Crippen molar-refractivity contribution < 1.29 is 4.74 Å². The Kier molecular flexibility index (Phi) is 3.39. The number of ether oxygens (including phenoxy) is 1. The molecule has 27 heavy (non-hydrogen) atoms. The average Bonchev–Trinajstić information content (AvgIpc) is 3.25. The maximum absolute atomic E-state index is 6.52. The van der Waals surface area contributed by atoms with E-state index in [1.165, 1.54) is 43.5 Å². The van der Waals surface area contributed by atoms with E-state index in [2.05, 4.69) is 39.1 Å². The molecule has 1 saturated heterocycles. The van der Waals surface area contributed by atoms with Gasteiger partial charge in [-0.1, -0.05) is 12.5 Å². The molecule has 2 fully saturated rings. The van der Waals surface area contributed by atoms with Gasteiger partial charge in [0.05, 0.1) is 11.0 Å². The summed E-state index contributed by atoms with van der Waals surface area (Å²) in [5, 5.41) is 0. The summed E-state index contributed by atoms with van der Waals surface area (Å²) in [6.07, 6.45) is 11.5. The average molecular weight is 359 g/mol. The molecule has 2 aliphatic heterocycles. The SMILES string of the molecule is c1cc2ncc(-c3ccc4c(c3)CC3(CCN(C5CCC5)CC3)O4)cc2[nH]1. The molecule has 4 nitrogen and oxygen atoms in total. The van der Waals surface area contributed by atoms with Crippen molar-refractivity contribution in [3.8, 4) is 16.9 Å². The second-order valence-electron chi connectivity index (χ2n) is 8.54. The van der Waals surface area contributed by atoms with Crippen LogP contribution in [-0.4, -0.2) is 39.6 Å². The topological polar surface area (TPSA) is 41.2 Å². The van der Waals surface area contributed by atoms with Crippen LogP contribution in [0.3, 0.4) is 0 Å². The Balaban J connectivity index is 1.24. The van der Waals surface area contributed by atoms with Crippen LogP contribution in [0.2, 0.25) is 0 Å². The number of likely N-dealkylation sites (tertiary alicyclic amines) is 1. The zero-order chi connectivity index (χ0) is 17.8. The highest BCUT2D eigenvalue weighted by molar-refractivity contribution is 5.81. The molecule has 138 valence electrons. The maximum atomic E-state index is 6.52. The molecule has 1 spiro atoms. The predicted octanol–water partition coefficient (Wildman–Crippen LogP) is 4.55. The predicted molar refractivity (Wildman–Crippen MR) is 107 cm³/mol. The third-order valence-electron chi connectivity index (χ3n) is 6.93. The third kappa shape index (κ3) is 2.58. The molecule has 0 atom stereocenters. The van der Waals surface area contributed by atoms with E-state index in [9.17, 15) is 0 Å². The minimum Gasteiger partial charge on any atom is -0.487 e. The van der Waals surface area contributed by atoms with Crippen LogP contribution in [0.5, 0.6) is 5.75 Å². The molecule has 1 aromatic carbocycles. The van der Waals surface area contributed by atoms with E-state index in [4.69, 9.17) is 4.74 Å². The Morgan fingerprint density at radius 3 is 2.78 bits per heavy atom. The molecule has 4 heteroatoms. The summed E-state index contributed by atoms with van der Waals surface area (Å²) in [5.74, 6) is 1.09. The molecule has 4 heterocycles. The molecule has 2 aromatic heterocycles. The summed E-state index contributed by atoms with van der Waals surface area (Å²) in [6.45, 7) is 2.39. The first-order chi connectivity index (χ1) is 13.3. The minimum atomic E-state index is 0.0306. The highest BCUT2D eigenvalue weighted by Gasteiger charge is 2.43. The van der Waals surface area contributed by atoms with Crippen molar-refractivity contribution in [1.82, 2.24) is 14.9 Å². The van der Waals surface area contributed by atoms with E-state index < -0.39 is 0 Å². The van der Waals surface area contributed by atoms with Crippen molar-refractivity contribution in [3.05, 3.63) is 48.3 Å². The number of nitrogens with one attached hydrogen (secondary N) is 1. The summed E-state index contributed by atoms with van der Waals surface area (Å²) < 4.78 is 6.52. The van der Waals surface area contributed by atoms with E-state index in [1.54, 1.807) is 0 Å². The lowest BCUT2D eigenvalue weighted by Gasteiger charge is -2.45. The van der Waals surface area contributed by atoms with Crippen LogP contribution in [-0.2, 0) is 6.42 Å². The lowest BCUT2D eigenvalue weighted by molar-refractivity contribution is -0.00746. The van der Waals surface area contributed by atoms with Crippen LogP contribution in [0.15, 0.2) is 42.7 Å². The fraction of sp³-hybridized carbons (Fsp3) is 0.435. The number of aromatic amines is 1. The number of fused-ring (bicyclic) bond motifs is 2. The number of pyridine rings is 1. The van der Waals surface area contributed by atoms with Crippen molar-refractivity contribution in [1.29, 1.82) is 0 Å². The standard InChI is InChI=1S/C23H25N3O/c1-2-19(3-1)26-10-7-23(8-11-26)14-17-12-16(4-5-22(17)27-23)18-13-21-20(25-15-18)6-9-24-21/h4-6,9,12-13,15,19,24H,1-3,7-8,10-11,14H2. The lowest BCUT2D eigenvalue weighted by Crippen LogP contribution is -2.52. The summed E-state index contributed by atoms with van der Waals surface area (Å²) in [5.41, 5.74) is 5.88. The molecule has 0 unspecified atom stereocenters. The number of benzene rings is 1. The molecule has 6 rings (SSSR count). The third-order valence-corrected chi connectivity index (χ3v) is 6.93. The van der Waals surface area contributed by atoms with Crippen molar-refractivity contribution >= 4 is 11.0 Å². The smallest absolute Gasteiger partial charge is 0.123 e. The zero-order valence-electron chi connectivity index (χ0n) is 15.6. The van der Waals surface area contributed by atoms with Crippen molar-refractivity contribution in [3.63, 3.8) is 0 Å². The van der Waals surface area contributed by atoms with Crippen LogP contribution in [0.25, 0.3) is 22.2 Å². The highest BCUT2D eigenvalue weighted by atomic mass is 16.5. The zero-order valence-corrected chi connectivity index (χ0v) is 15.6. The number of rotatable bonds is 2. The summed E-state index contributed by atoms with van der Waals surface area (Å²) >= 11 is 0. The minimum absolute atomic E-state index is 0.0306. The van der Waals surface area contributed by atoms with E-state index in [0.717, 1.165) is 47.7 Å². The second kappa shape index (κ2) is 5.83. The molecule has 1 N–H and O–H groups in total. The van der Waals surface area contributed by atoms with Crippen LogP contribution < -0.4 is 4.74 Å². The van der Waals surface area contributed by atoms with Gasteiger partial charge in [-0.3, -0.25) is 4.98 Å². The lowest BCUT2D eigenvalue weighted by atomic mass is 9.83. The van der Waals surface area contributed by atoms with Crippen molar-refractivity contribution in [2.24, 2.45) is 0 Å². The van der Waals surface area contributed by atoms with E-state index >= 15 is 0 Å². The molecular formula is C23H25N3O. The largest absolute Gasteiger partial charge is 0.487 e. The van der Waals surface area contributed by atoms with Gasteiger partial charge < -0.3 is 14.6 Å². The first-order valence-electron chi connectivity index (χ1n) is 10.3. The molecule has 3 aromatic rings. The fourth-order valence-electron chi connectivity index (χ4n) is 5.03. The Hall–Kier alpha value is -2.33. The van der Waals surface area contributed by atoms with Crippen molar-refractivity contribution in [2.45, 2.75) is 50.2 Å². The Morgan fingerprint density at radius 1 is 1.07 bits per heavy atom. The monoisotopic (exact) mass is 359 g/mol. The van der Waals surface area contributed by atoms with Crippen LogP contribution in [0.4, 0.5) is 0 Å². The van der Waals surface area contributed by atoms with Crippen molar-refractivity contribution in [2.75, 3.05) is 13.1 Å². The molecule has 0 bridgehead atoms. The summed E-state index contributed by atoms with van der Waals surface area (Å²) in [4.78, 5) is 10.5. The highest BCUT2D eigenvalue weighted by Crippen LogP contribution is 2.43. The molecule has 1 aliphatic carbocycles. The molecule has 3 aliphatic rings. The summed E-state index contributed by atoms with van der Waals surface area (Å²) in [6, 6.07) is 11.7. The molecule has 0 amide bonds. The fourth-order valence-corrected chi connectivity index (χ4v) is 5.03. The normalized spacial score (nSPS) is 21.9.